The van der Waals surface area contributed by atoms with E-state index in [0.29, 0.717) is 5.56 Å². The second-order valence-corrected chi connectivity index (χ2v) is 8.10. The maximum Gasteiger partial charge on any atom is 0.250 e. The first-order valence-electron chi connectivity index (χ1n) is 10.7. The van der Waals surface area contributed by atoms with Gasteiger partial charge in [-0.05, 0) is 67.6 Å². The summed E-state index contributed by atoms with van der Waals surface area (Å²) >= 11 is 0. The first-order chi connectivity index (χ1) is 15.0. The van der Waals surface area contributed by atoms with Crippen molar-refractivity contribution in [3.8, 4) is 11.4 Å². The minimum absolute atomic E-state index is 0.217. The molecule has 0 unspecified atom stereocenters. The molecule has 1 saturated carbocycles. The molecular weight excluding hydrogens is 390 g/mol. The number of hydrogen-bond donors (Lipinski definition) is 3. The van der Waals surface area contributed by atoms with Crippen molar-refractivity contribution in [1.29, 1.82) is 0 Å². The Morgan fingerprint density at radius 2 is 1.90 bits per heavy atom. The van der Waals surface area contributed by atoms with Gasteiger partial charge in [0.1, 0.15) is 5.75 Å². The van der Waals surface area contributed by atoms with Crippen LogP contribution in [0.5, 0.6) is 5.75 Å². The van der Waals surface area contributed by atoms with Gasteiger partial charge in [-0.2, -0.15) is 0 Å². The molecule has 2 aromatic carbocycles. The molecule has 0 spiro atoms. The molecule has 0 aliphatic heterocycles. The quantitative estimate of drug-likeness (QED) is 0.542. The molecule has 4 N–H and O–H groups in total. The molecule has 1 aliphatic rings. The summed E-state index contributed by atoms with van der Waals surface area (Å²) in [6, 6.07) is 18.0. The molecule has 0 saturated heterocycles. The number of primary amides is 1. The lowest BCUT2D eigenvalue weighted by Gasteiger charge is -2.28. The van der Waals surface area contributed by atoms with Crippen molar-refractivity contribution in [3.05, 3.63) is 77.6 Å². The Balaban J connectivity index is 1.63. The number of aromatic nitrogens is 1. The third-order valence-electron chi connectivity index (χ3n) is 6.00. The number of amides is 1. The van der Waals surface area contributed by atoms with E-state index in [1.165, 1.54) is 0 Å². The Labute approximate surface area is 182 Å². The summed E-state index contributed by atoms with van der Waals surface area (Å²) in [5, 5.41) is 13.3. The van der Waals surface area contributed by atoms with E-state index in [0.717, 1.165) is 60.5 Å². The molecule has 1 heterocycles. The molecule has 4 rings (SSSR count). The number of rotatable bonds is 7. The number of ether oxygens (including phenoxy) is 1. The van der Waals surface area contributed by atoms with E-state index in [9.17, 15) is 9.90 Å². The number of nitrogens with one attached hydrogen (secondary N) is 1. The fourth-order valence-electron chi connectivity index (χ4n) is 4.31. The average Bonchev–Trinajstić information content (AvgIpc) is 3.23. The zero-order valence-electron chi connectivity index (χ0n) is 17.8. The van der Waals surface area contributed by atoms with Crippen molar-refractivity contribution in [2.24, 2.45) is 5.73 Å². The summed E-state index contributed by atoms with van der Waals surface area (Å²) in [5.41, 5.74) is 10.0. The Morgan fingerprint density at radius 3 is 2.65 bits per heavy atom. The summed E-state index contributed by atoms with van der Waals surface area (Å²) in [6.07, 6.45) is 5.78. The molecule has 0 atom stereocenters. The SMILES string of the molecule is COc1ccccc1Cc1cccn1-c1ccc(C(N)=O)c(N[C@H]2CC[C@H](O)CC2)c1. The first-order valence-corrected chi connectivity index (χ1v) is 10.7. The van der Waals surface area contributed by atoms with Crippen molar-refractivity contribution < 1.29 is 14.6 Å². The van der Waals surface area contributed by atoms with E-state index in [1.54, 1.807) is 13.2 Å². The molecule has 31 heavy (non-hydrogen) atoms. The van der Waals surface area contributed by atoms with Gasteiger partial charge in [0.2, 0.25) is 0 Å². The lowest BCUT2D eigenvalue weighted by Crippen LogP contribution is -2.29. The van der Waals surface area contributed by atoms with Crippen molar-refractivity contribution in [3.63, 3.8) is 0 Å². The standard InChI is InChI=1S/C25H29N3O3/c1-31-24-7-3-2-5-17(24)15-19-6-4-14-28(19)20-10-13-22(25(26)30)23(16-20)27-18-8-11-21(29)12-9-18/h2-7,10,13-14,16,18,21,27,29H,8-9,11-12,15H2,1H3,(H2,26,30)/t18-,21-. The fraction of sp³-hybridized carbons (Fsp3) is 0.320. The molecular formula is C25H29N3O3. The highest BCUT2D eigenvalue weighted by atomic mass is 16.5. The van der Waals surface area contributed by atoms with Gasteiger partial charge in [0, 0.05) is 35.7 Å². The van der Waals surface area contributed by atoms with E-state index < -0.39 is 5.91 Å². The Bertz CT molecular complexity index is 1050. The normalized spacial score (nSPS) is 18.5. The van der Waals surface area contributed by atoms with E-state index in [4.69, 9.17) is 10.5 Å². The average molecular weight is 420 g/mol. The van der Waals surface area contributed by atoms with Crippen LogP contribution in [0.2, 0.25) is 0 Å². The predicted molar refractivity (Wildman–Crippen MR) is 122 cm³/mol. The van der Waals surface area contributed by atoms with Crippen LogP contribution < -0.4 is 15.8 Å². The van der Waals surface area contributed by atoms with Gasteiger partial charge < -0.3 is 25.5 Å². The smallest absolute Gasteiger partial charge is 0.250 e. The van der Waals surface area contributed by atoms with Crippen LogP contribution in [0.1, 0.15) is 47.3 Å². The first kappa shape index (κ1) is 21.0. The topological polar surface area (TPSA) is 89.5 Å². The van der Waals surface area contributed by atoms with Crippen molar-refractivity contribution in [1.82, 2.24) is 4.57 Å². The number of para-hydroxylation sites is 1. The van der Waals surface area contributed by atoms with Crippen LogP contribution in [0.3, 0.4) is 0 Å². The third-order valence-corrected chi connectivity index (χ3v) is 6.00. The molecule has 162 valence electrons. The number of hydrogen-bond acceptors (Lipinski definition) is 4. The zero-order chi connectivity index (χ0) is 21.8. The van der Waals surface area contributed by atoms with Crippen LogP contribution in [0.4, 0.5) is 5.69 Å². The van der Waals surface area contributed by atoms with Crippen LogP contribution in [-0.2, 0) is 6.42 Å². The maximum atomic E-state index is 12.0. The molecule has 0 bridgehead atoms. The molecule has 1 aliphatic carbocycles. The number of aliphatic hydroxyl groups excluding tert-OH is 1. The lowest BCUT2D eigenvalue weighted by atomic mass is 9.92. The van der Waals surface area contributed by atoms with Gasteiger partial charge in [0.25, 0.3) is 5.91 Å². The van der Waals surface area contributed by atoms with Crippen LogP contribution in [0, 0.1) is 0 Å². The van der Waals surface area contributed by atoms with Crippen molar-refractivity contribution >= 4 is 11.6 Å². The number of anilines is 1. The van der Waals surface area contributed by atoms with Gasteiger partial charge in [-0.3, -0.25) is 4.79 Å². The van der Waals surface area contributed by atoms with Crippen LogP contribution in [0.25, 0.3) is 5.69 Å². The maximum absolute atomic E-state index is 12.0. The second-order valence-electron chi connectivity index (χ2n) is 8.10. The number of carbonyl (C=O) groups is 1. The number of nitrogens with zero attached hydrogens (tertiary/aromatic N) is 1. The second kappa shape index (κ2) is 9.27. The van der Waals surface area contributed by atoms with E-state index in [2.05, 4.69) is 22.0 Å². The molecule has 6 nitrogen and oxygen atoms in total. The van der Waals surface area contributed by atoms with E-state index >= 15 is 0 Å². The van der Waals surface area contributed by atoms with Gasteiger partial charge >= 0.3 is 0 Å². The lowest BCUT2D eigenvalue weighted by molar-refractivity contribution is 0.100. The van der Waals surface area contributed by atoms with Gasteiger partial charge in [-0.15, -0.1) is 0 Å². The summed E-state index contributed by atoms with van der Waals surface area (Å²) < 4.78 is 7.62. The molecule has 6 heteroatoms. The Hall–Kier alpha value is -3.25. The van der Waals surface area contributed by atoms with Crippen molar-refractivity contribution in [2.75, 3.05) is 12.4 Å². The zero-order valence-corrected chi connectivity index (χ0v) is 17.8. The van der Waals surface area contributed by atoms with E-state index in [-0.39, 0.29) is 12.1 Å². The molecule has 1 aromatic heterocycles. The minimum atomic E-state index is -0.452. The van der Waals surface area contributed by atoms with Crippen LogP contribution in [0.15, 0.2) is 60.8 Å². The summed E-state index contributed by atoms with van der Waals surface area (Å²) in [5.74, 6) is 0.410. The highest BCUT2D eigenvalue weighted by Gasteiger charge is 2.21. The highest BCUT2D eigenvalue weighted by molar-refractivity contribution is 5.99. The number of aliphatic hydroxyl groups is 1. The van der Waals surface area contributed by atoms with Crippen LogP contribution in [-0.4, -0.2) is 34.8 Å². The predicted octanol–water partition coefficient (Wildman–Crippen LogP) is 3.89. The van der Waals surface area contributed by atoms with Gasteiger partial charge in [0.05, 0.1) is 18.8 Å². The van der Waals surface area contributed by atoms with Crippen LogP contribution >= 0.6 is 0 Å². The monoisotopic (exact) mass is 419 g/mol. The Morgan fingerprint density at radius 1 is 1.13 bits per heavy atom. The summed E-state index contributed by atoms with van der Waals surface area (Å²) in [6.45, 7) is 0. The number of nitrogens with two attached hydrogens (primary N) is 1. The van der Waals surface area contributed by atoms with Gasteiger partial charge in [0.15, 0.2) is 0 Å². The van der Waals surface area contributed by atoms with Gasteiger partial charge in [-0.1, -0.05) is 18.2 Å². The van der Waals surface area contributed by atoms with Gasteiger partial charge in [-0.25, -0.2) is 0 Å². The van der Waals surface area contributed by atoms with Crippen molar-refractivity contribution in [2.45, 2.75) is 44.2 Å². The third kappa shape index (κ3) is 4.75. The minimum Gasteiger partial charge on any atom is -0.496 e. The molecule has 3 aromatic rings. The van der Waals surface area contributed by atoms with E-state index in [1.807, 2.05) is 42.6 Å². The Kier molecular flexibility index (Phi) is 6.28. The fourth-order valence-corrected chi connectivity index (χ4v) is 4.31. The molecule has 1 fully saturated rings. The number of benzene rings is 2. The number of carbonyl (C=O) groups excluding carboxylic acids is 1. The molecule has 0 radical (unpaired) electrons. The molecule has 1 amide bonds. The summed E-state index contributed by atoms with van der Waals surface area (Å²) in [4.78, 5) is 12.0. The largest absolute Gasteiger partial charge is 0.496 e. The summed E-state index contributed by atoms with van der Waals surface area (Å²) in [7, 11) is 1.68. The number of methoxy groups -OCH3 is 1. The highest BCUT2D eigenvalue weighted by Crippen LogP contribution is 2.28.